The number of rotatable bonds is 7. The molecule has 1 aliphatic heterocycles. The first-order valence-electron chi connectivity index (χ1n) is 7.94. The molecule has 0 aromatic rings. The maximum Gasteiger partial charge on any atom is 0.223 e. The van der Waals surface area contributed by atoms with Crippen molar-refractivity contribution in [3.8, 4) is 0 Å². The minimum absolute atomic E-state index is 0.000690. The Kier molecular flexibility index (Phi) is 5.99. The van der Waals surface area contributed by atoms with Gasteiger partial charge >= 0.3 is 0 Å². The minimum Gasteiger partial charge on any atom is -0.379 e. The van der Waals surface area contributed by atoms with Gasteiger partial charge in [-0.3, -0.25) is 14.5 Å². The topological polar surface area (TPSA) is 70.7 Å². The number of carbonyl (C=O) groups excluding carboxylic acids is 2. The maximum absolute atomic E-state index is 11.8. The summed E-state index contributed by atoms with van der Waals surface area (Å²) < 4.78 is 5.31. The fraction of sp³-hybridized carbons (Fsp3) is 0.867. The van der Waals surface area contributed by atoms with E-state index in [1.165, 1.54) is 0 Å². The molecule has 2 aliphatic rings. The van der Waals surface area contributed by atoms with Crippen molar-refractivity contribution in [2.75, 3.05) is 39.4 Å². The van der Waals surface area contributed by atoms with Gasteiger partial charge in [-0.05, 0) is 19.3 Å². The molecule has 1 aliphatic carbocycles. The lowest BCUT2D eigenvalue weighted by atomic mass is 10.2. The molecule has 2 fully saturated rings. The monoisotopic (exact) mass is 297 g/mol. The molecule has 6 nitrogen and oxygen atoms in total. The fourth-order valence-electron chi connectivity index (χ4n) is 2.62. The molecule has 2 N–H and O–H groups in total. The Hall–Kier alpha value is -1.14. The second-order valence-electron chi connectivity index (χ2n) is 6.16. The Balaban J connectivity index is 1.53. The summed E-state index contributed by atoms with van der Waals surface area (Å²) in [4.78, 5) is 25.7. The van der Waals surface area contributed by atoms with E-state index in [2.05, 4.69) is 29.4 Å². The van der Waals surface area contributed by atoms with Crippen LogP contribution >= 0.6 is 0 Å². The highest BCUT2D eigenvalue weighted by molar-refractivity contribution is 5.82. The Morgan fingerprint density at radius 2 is 1.95 bits per heavy atom. The smallest absolute Gasteiger partial charge is 0.223 e. The van der Waals surface area contributed by atoms with Crippen molar-refractivity contribution in [1.82, 2.24) is 15.5 Å². The number of nitrogens with one attached hydrogen (secondary N) is 2. The second-order valence-corrected chi connectivity index (χ2v) is 6.16. The zero-order chi connectivity index (χ0) is 15.2. The van der Waals surface area contributed by atoms with Crippen LogP contribution in [0.4, 0.5) is 0 Å². The molecule has 1 saturated carbocycles. The van der Waals surface area contributed by atoms with Crippen molar-refractivity contribution < 1.29 is 14.3 Å². The van der Waals surface area contributed by atoms with Crippen LogP contribution in [-0.2, 0) is 14.3 Å². The first kappa shape index (κ1) is 16.2. The SMILES string of the molecule is C[C@@H]1C[C@H]1C(=O)NCCC(=O)NC[C@@H](C)N1CCOCC1. The van der Waals surface area contributed by atoms with Gasteiger partial charge in [0.2, 0.25) is 11.8 Å². The van der Waals surface area contributed by atoms with Crippen LogP contribution in [-0.4, -0.2) is 62.1 Å². The molecule has 2 rings (SSSR count). The summed E-state index contributed by atoms with van der Waals surface area (Å²) in [6.45, 7) is 8.64. The number of ether oxygens (including phenoxy) is 1. The number of hydrogen-bond donors (Lipinski definition) is 2. The van der Waals surface area contributed by atoms with E-state index in [0.717, 1.165) is 32.7 Å². The highest BCUT2D eigenvalue weighted by Crippen LogP contribution is 2.37. The molecule has 0 aromatic heterocycles. The number of hydrogen-bond acceptors (Lipinski definition) is 4. The molecular formula is C15H27N3O3. The lowest BCUT2D eigenvalue weighted by Gasteiger charge is -2.32. The normalized spacial score (nSPS) is 27.0. The average molecular weight is 297 g/mol. The van der Waals surface area contributed by atoms with Crippen LogP contribution in [0.15, 0.2) is 0 Å². The quantitative estimate of drug-likeness (QED) is 0.693. The van der Waals surface area contributed by atoms with Gasteiger partial charge in [-0.25, -0.2) is 0 Å². The van der Waals surface area contributed by atoms with Gasteiger partial charge in [0.25, 0.3) is 0 Å². The summed E-state index contributed by atoms with van der Waals surface area (Å²) in [7, 11) is 0. The largest absolute Gasteiger partial charge is 0.379 e. The van der Waals surface area contributed by atoms with Crippen LogP contribution in [0.5, 0.6) is 0 Å². The lowest BCUT2D eigenvalue weighted by Crippen LogP contribution is -2.47. The molecule has 0 radical (unpaired) electrons. The lowest BCUT2D eigenvalue weighted by molar-refractivity contribution is -0.123. The average Bonchev–Trinajstić information content (AvgIpc) is 3.22. The van der Waals surface area contributed by atoms with Crippen molar-refractivity contribution in [2.45, 2.75) is 32.7 Å². The van der Waals surface area contributed by atoms with Gasteiger partial charge in [0.1, 0.15) is 0 Å². The molecule has 0 bridgehead atoms. The van der Waals surface area contributed by atoms with E-state index in [1.54, 1.807) is 0 Å². The fourth-order valence-corrected chi connectivity index (χ4v) is 2.62. The predicted molar refractivity (Wildman–Crippen MR) is 79.8 cm³/mol. The Morgan fingerprint density at radius 1 is 1.29 bits per heavy atom. The zero-order valence-corrected chi connectivity index (χ0v) is 13.1. The molecule has 120 valence electrons. The molecule has 21 heavy (non-hydrogen) atoms. The molecule has 6 heteroatoms. The number of carbonyl (C=O) groups is 2. The van der Waals surface area contributed by atoms with E-state index in [0.29, 0.717) is 31.5 Å². The number of nitrogens with zero attached hydrogens (tertiary/aromatic N) is 1. The highest BCUT2D eigenvalue weighted by Gasteiger charge is 2.38. The first-order chi connectivity index (χ1) is 10.1. The third-order valence-corrected chi connectivity index (χ3v) is 4.36. The van der Waals surface area contributed by atoms with Crippen LogP contribution in [0.3, 0.4) is 0 Å². The highest BCUT2D eigenvalue weighted by atomic mass is 16.5. The van der Waals surface area contributed by atoms with Gasteiger partial charge < -0.3 is 15.4 Å². The van der Waals surface area contributed by atoms with E-state index in [9.17, 15) is 9.59 Å². The van der Waals surface area contributed by atoms with Crippen molar-refractivity contribution in [3.05, 3.63) is 0 Å². The number of morpholine rings is 1. The molecule has 1 saturated heterocycles. The van der Waals surface area contributed by atoms with Gasteiger partial charge in [-0.2, -0.15) is 0 Å². The zero-order valence-electron chi connectivity index (χ0n) is 13.1. The first-order valence-corrected chi connectivity index (χ1v) is 7.94. The Bertz CT molecular complexity index is 369. The van der Waals surface area contributed by atoms with Gasteiger partial charge in [0.05, 0.1) is 13.2 Å². The summed E-state index contributed by atoms with van der Waals surface area (Å²) >= 11 is 0. The summed E-state index contributed by atoms with van der Waals surface area (Å²) in [5.74, 6) is 0.777. The van der Waals surface area contributed by atoms with Crippen molar-refractivity contribution >= 4 is 11.8 Å². The maximum atomic E-state index is 11.8. The van der Waals surface area contributed by atoms with E-state index in [-0.39, 0.29) is 17.7 Å². The van der Waals surface area contributed by atoms with E-state index in [4.69, 9.17) is 4.74 Å². The third kappa shape index (κ3) is 5.28. The van der Waals surface area contributed by atoms with Gasteiger partial charge in [-0.15, -0.1) is 0 Å². The Labute approximate surface area is 126 Å². The van der Waals surface area contributed by atoms with Crippen LogP contribution in [0, 0.1) is 11.8 Å². The predicted octanol–water partition coefficient (Wildman–Crippen LogP) is -0.0144. The van der Waals surface area contributed by atoms with E-state index >= 15 is 0 Å². The standard InChI is InChI=1S/C15H27N3O3/c1-11-9-13(11)15(20)16-4-3-14(19)17-10-12(2)18-5-7-21-8-6-18/h11-13H,3-10H2,1-2H3,(H,16,20)(H,17,19)/t11-,12-,13-/m1/s1. The molecule has 3 atom stereocenters. The number of amides is 2. The summed E-state index contributed by atoms with van der Waals surface area (Å²) in [6, 6.07) is 0.319. The van der Waals surface area contributed by atoms with E-state index in [1.807, 2.05) is 0 Å². The molecule has 2 amide bonds. The summed E-state index contributed by atoms with van der Waals surface area (Å²) in [5, 5.41) is 5.76. The Morgan fingerprint density at radius 3 is 2.57 bits per heavy atom. The minimum atomic E-state index is -0.000690. The van der Waals surface area contributed by atoms with E-state index < -0.39 is 0 Å². The van der Waals surface area contributed by atoms with Crippen molar-refractivity contribution in [1.29, 1.82) is 0 Å². The summed E-state index contributed by atoms with van der Waals surface area (Å²) in [6.07, 6.45) is 1.33. The van der Waals surface area contributed by atoms with Crippen molar-refractivity contribution in [3.63, 3.8) is 0 Å². The molecule has 0 unspecified atom stereocenters. The van der Waals surface area contributed by atoms with Crippen molar-refractivity contribution in [2.24, 2.45) is 11.8 Å². The molecule has 1 heterocycles. The third-order valence-electron chi connectivity index (χ3n) is 4.36. The van der Waals surface area contributed by atoms with Gasteiger partial charge in [0.15, 0.2) is 0 Å². The molecule has 0 aromatic carbocycles. The van der Waals surface area contributed by atoms with Crippen LogP contribution in [0.2, 0.25) is 0 Å². The molecule has 0 spiro atoms. The van der Waals surface area contributed by atoms with Crippen LogP contribution < -0.4 is 10.6 Å². The van der Waals surface area contributed by atoms with Crippen LogP contribution in [0.1, 0.15) is 26.7 Å². The van der Waals surface area contributed by atoms with Gasteiger partial charge in [-0.1, -0.05) is 6.92 Å². The molecular weight excluding hydrogens is 270 g/mol. The summed E-state index contributed by atoms with van der Waals surface area (Å²) in [5.41, 5.74) is 0. The van der Waals surface area contributed by atoms with Crippen LogP contribution in [0.25, 0.3) is 0 Å². The van der Waals surface area contributed by atoms with Gasteiger partial charge in [0, 0.05) is 44.6 Å². The second kappa shape index (κ2) is 7.75.